The summed E-state index contributed by atoms with van der Waals surface area (Å²) in [5, 5.41) is 0.931. The quantitative estimate of drug-likeness (QED) is 0.582. The third kappa shape index (κ3) is 3.78. The molecule has 2 amide bonds. The number of benzene rings is 2. The van der Waals surface area contributed by atoms with Crippen LogP contribution in [0, 0.1) is 6.92 Å². The van der Waals surface area contributed by atoms with Gasteiger partial charge >= 0.3 is 0 Å². The predicted molar refractivity (Wildman–Crippen MR) is 122 cm³/mol. The Morgan fingerprint density at radius 2 is 1.74 bits per heavy atom. The number of carbonyl (C=O) groups is 2. The SMILES string of the molecule is Cc1ccc2nc(-c3ccc(N4C(=O)C[C@H](N5C[C@H](C)O[C@@H](C)C5)C4=O)cc3)sc2c1. The first-order valence-corrected chi connectivity index (χ1v) is 11.4. The fraction of sp³-hybridized carbons (Fsp3) is 0.375. The van der Waals surface area contributed by atoms with Gasteiger partial charge in [-0.15, -0.1) is 11.3 Å². The van der Waals surface area contributed by atoms with Crippen molar-refractivity contribution >= 4 is 39.1 Å². The number of fused-ring (bicyclic) bond motifs is 1. The van der Waals surface area contributed by atoms with Crippen LogP contribution in [0.25, 0.3) is 20.8 Å². The molecule has 6 nitrogen and oxygen atoms in total. The fourth-order valence-electron chi connectivity index (χ4n) is 4.55. The lowest BCUT2D eigenvalue weighted by atomic mass is 10.1. The Balaban J connectivity index is 1.37. The molecule has 0 radical (unpaired) electrons. The monoisotopic (exact) mass is 435 g/mol. The Labute approximate surface area is 185 Å². The predicted octanol–water partition coefficient (Wildman–Crippen LogP) is 4.01. The van der Waals surface area contributed by atoms with E-state index in [1.54, 1.807) is 11.3 Å². The molecule has 7 heteroatoms. The van der Waals surface area contributed by atoms with Crippen molar-refractivity contribution < 1.29 is 14.3 Å². The minimum absolute atomic E-state index is 0.0533. The third-order valence-electron chi connectivity index (χ3n) is 5.93. The molecule has 2 aromatic carbocycles. The summed E-state index contributed by atoms with van der Waals surface area (Å²) in [5.41, 5.74) is 3.79. The minimum Gasteiger partial charge on any atom is -0.373 e. The summed E-state index contributed by atoms with van der Waals surface area (Å²) < 4.78 is 6.93. The number of rotatable bonds is 3. The van der Waals surface area contributed by atoms with Gasteiger partial charge in [-0.1, -0.05) is 6.07 Å². The van der Waals surface area contributed by atoms with E-state index in [0.29, 0.717) is 18.8 Å². The molecule has 3 heterocycles. The number of imide groups is 1. The highest BCUT2D eigenvalue weighted by Crippen LogP contribution is 2.33. The first kappa shape index (κ1) is 20.3. The Hall–Kier alpha value is -2.61. The van der Waals surface area contributed by atoms with Crippen LogP contribution in [-0.2, 0) is 14.3 Å². The van der Waals surface area contributed by atoms with Crippen molar-refractivity contribution in [2.24, 2.45) is 0 Å². The molecule has 2 aliphatic heterocycles. The van der Waals surface area contributed by atoms with Crippen molar-refractivity contribution in [1.82, 2.24) is 9.88 Å². The number of hydrogen-bond acceptors (Lipinski definition) is 6. The molecule has 3 atom stereocenters. The average Bonchev–Trinajstić information content (AvgIpc) is 3.27. The Bertz CT molecular complexity index is 1150. The van der Waals surface area contributed by atoms with Crippen LogP contribution in [0.5, 0.6) is 0 Å². The van der Waals surface area contributed by atoms with Crippen LogP contribution < -0.4 is 4.90 Å². The number of nitrogens with zero attached hydrogens (tertiary/aromatic N) is 3. The van der Waals surface area contributed by atoms with E-state index in [0.717, 1.165) is 20.8 Å². The Kier molecular flexibility index (Phi) is 5.12. The van der Waals surface area contributed by atoms with E-state index < -0.39 is 6.04 Å². The molecular weight excluding hydrogens is 410 g/mol. The number of thiazole rings is 1. The van der Waals surface area contributed by atoms with E-state index in [2.05, 4.69) is 24.0 Å². The molecule has 0 unspecified atom stereocenters. The number of amides is 2. The van der Waals surface area contributed by atoms with Crippen molar-refractivity contribution in [3.8, 4) is 10.6 Å². The summed E-state index contributed by atoms with van der Waals surface area (Å²) in [5.74, 6) is -0.292. The van der Waals surface area contributed by atoms with Gasteiger partial charge in [0.2, 0.25) is 5.91 Å². The number of anilines is 1. The average molecular weight is 436 g/mol. The molecule has 2 aliphatic rings. The molecule has 160 valence electrons. The number of morpholine rings is 1. The van der Waals surface area contributed by atoms with Gasteiger partial charge in [0, 0.05) is 18.7 Å². The summed E-state index contributed by atoms with van der Waals surface area (Å²) in [6.45, 7) is 7.41. The molecule has 5 rings (SSSR count). The summed E-state index contributed by atoms with van der Waals surface area (Å²) in [4.78, 5) is 34.0. The van der Waals surface area contributed by atoms with E-state index in [1.807, 2.05) is 44.2 Å². The lowest BCUT2D eigenvalue weighted by Crippen LogP contribution is -2.52. The number of aryl methyl sites for hydroxylation is 1. The maximum atomic E-state index is 13.1. The third-order valence-corrected chi connectivity index (χ3v) is 7.00. The maximum Gasteiger partial charge on any atom is 0.251 e. The Morgan fingerprint density at radius 1 is 1.03 bits per heavy atom. The van der Waals surface area contributed by atoms with Crippen LogP contribution in [0.3, 0.4) is 0 Å². The normalized spacial score (nSPS) is 25.0. The van der Waals surface area contributed by atoms with Crippen LogP contribution in [0.15, 0.2) is 42.5 Å². The molecule has 3 aromatic rings. The smallest absolute Gasteiger partial charge is 0.251 e. The highest BCUT2D eigenvalue weighted by molar-refractivity contribution is 7.21. The van der Waals surface area contributed by atoms with Gasteiger partial charge in [-0.25, -0.2) is 9.88 Å². The molecule has 0 spiro atoms. The van der Waals surface area contributed by atoms with E-state index >= 15 is 0 Å². The van der Waals surface area contributed by atoms with E-state index in [4.69, 9.17) is 9.72 Å². The fourth-order valence-corrected chi connectivity index (χ4v) is 5.62. The zero-order valence-electron chi connectivity index (χ0n) is 17.9. The summed E-state index contributed by atoms with van der Waals surface area (Å²) >= 11 is 1.65. The van der Waals surface area contributed by atoms with Crippen molar-refractivity contribution in [2.75, 3.05) is 18.0 Å². The number of aromatic nitrogens is 1. The van der Waals surface area contributed by atoms with E-state index in [1.165, 1.54) is 10.5 Å². The minimum atomic E-state index is -0.409. The lowest BCUT2D eigenvalue weighted by molar-refractivity contribution is -0.127. The molecule has 0 aliphatic carbocycles. The number of ether oxygens (including phenoxy) is 1. The van der Waals surface area contributed by atoms with Crippen LogP contribution >= 0.6 is 11.3 Å². The second-order valence-electron chi connectivity index (χ2n) is 8.54. The lowest BCUT2D eigenvalue weighted by Gasteiger charge is -2.37. The Morgan fingerprint density at radius 3 is 2.45 bits per heavy atom. The van der Waals surface area contributed by atoms with Crippen LogP contribution in [0.2, 0.25) is 0 Å². The van der Waals surface area contributed by atoms with Gasteiger partial charge in [0.05, 0.1) is 40.6 Å². The van der Waals surface area contributed by atoms with E-state index in [-0.39, 0.29) is 30.4 Å². The highest BCUT2D eigenvalue weighted by atomic mass is 32.1. The van der Waals surface area contributed by atoms with Crippen LogP contribution in [0.1, 0.15) is 25.8 Å². The second-order valence-corrected chi connectivity index (χ2v) is 9.57. The molecule has 2 fully saturated rings. The summed E-state index contributed by atoms with van der Waals surface area (Å²) in [6.07, 6.45) is 0.326. The largest absolute Gasteiger partial charge is 0.373 e. The van der Waals surface area contributed by atoms with Gasteiger partial charge in [-0.05, 0) is 62.7 Å². The van der Waals surface area contributed by atoms with Gasteiger partial charge in [0.25, 0.3) is 5.91 Å². The molecular formula is C24H25N3O3S. The number of hydrogen-bond donors (Lipinski definition) is 0. The molecule has 2 saturated heterocycles. The van der Waals surface area contributed by atoms with Gasteiger partial charge < -0.3 is 4.74 Å². The van der Waals surface area contributed by atoms with Gasteiger partial charge in [-0.3, -0.25) is 14.5 Å². The first-order chi connectivity index (χ1) is 14.9. The summed E-state index contributed by atoms with van der Waals surface area (Å²) in [6, 6.07) is 13.4. The van der Waals surface area contributed by atoms with E-state index in [9.17, 15) is 9.59 Å². The van der Waals surface area contributed by atoms with Crippen LogP contribution in [0.4, 0.5) is 5.69 Å². The zero-order valence-corrected chi connectivity index (χ0v) is 18.7. The zero-order chi connectivity index (χ0) is 21.7. The summed E-state index contributed by atoms with van der Waals surface area (Å²) in [7, 11) is 0. The molecule has 0 saturated carbocycles. The molecule has 1 aromatic heterocycles. The van der Waals surface area contributed by atoms with Crippen molar-refractivity contribution in [3.05, 3.63) is 48.0 Å². The first-order valence-electron chi connectivity index (χ1n) is 10.6. The standard InChI is InChI=1S/C24H25N3O3S/c1-14-4-9-19-21(10-14)31-23(25-19)17-5-7-18(8-6-17)27-22(28)11-20(24(27)29)26-12-15(2)30-16(3)13-26/h4-10,15-16,20H,11-13H2,1-3H3/t15-,16-,20-/m0/s1. The van der Waals surface area contributed by atoms with Gasteiger partial charge in [0.1, 0.15) is 5.01 Å². The van der Waals surface area contributed by atoms with Crippen LogP contribution in [-0.4, -0.2) is 53.0 Å². The van der Waals surface area contributed by atoms with Crippen molar-refractivity contribution in [3.63, 3.8) is 0 Å². The van der Waals surface area contributed by atoms with Gasteiger partial charge in [-0.2, -0.15) is 0 Å². The topological polar surface area (TPSA) is 62.7 Å². The molecule has 31 heavy (non-hydrogen) atoms. The van der Waals surface area contributed by atoms with Crippen molar-refractivity contribution in [1.29, 1.82) is 0 Å². The highest BCUT2D eigenvalue weighted by Gasteiger charge is 2.44. The maximum absolute atomic E-state index is 13.1. The van der Waals surface area contributed by atoms with Gasteiger partial charge in [0.15, 0.2) is 0 Å². The molecule has 0 N–H and O–H groups in total. The molecule has 0 bridgehead atoms. The second kappa shape index (κ2) is 7.82. The van der Waals surface area contributed by atoms with Crippen molar-refractivity contribution in [2.45, 2.75) is 45.4 Å². The number of carbonyl (C=O) groups excluding carboxylic acids is 2.